The van der Waals surface area contributed by atoms with E-state index in [0.29, 0.717) is 12.3 Å². The lowest BCUT2D eigenvalue weighted by Crippen LogP contribution is -2.48. The number of nitrogens with one attached hydrogen (secondary N) is 2. The molecule has 0 atom stereocenters. The number of piperidine rings is 1. The number of methoxy groups -OCH3 is 2. The zero-order valence-electron chi connectivity index (χ0n) is 19.1. The minimum Gasteiger partial charge on any atom is -0.493 e. The monoisotopic (exact) mass is 532 g/mol. The molecule has 0 bridgehead atoms. The number of amides is 1. The fraction of sp³-hybridized carbons (Fsp3) is 0.636. The molecule has 0 aliphatic carbocycles. The molecule has 0 unspecified atom stereocenters. The zero-order chi connectivity index (χ0) is 21.4. The second kappa shape index (κ2) is 12.2. The Morgan fingerprint density at radius 3 is 2.37 bits per heavy atom. The van der Waals surface area contributed by atoms with Crippen molar-refractivity contribution in [2.24, 2.45) is 10.9 Å². The predicted molar refractivity (Wildman–Crippen MR) is 132 cm³/mol. The summed E-state index contributed by atoms with van der Waals surface area (Å²) < 4.78 is 10.8. The molecule has 0 radical (unpaired) electrons. The highest BCUT2D eigenvalue weighted by atomic mass is 127. The summed E-state index contributed by atoms with van der Waals surface area (Å²) in [5, 5.41) is 6.26. The Bertz CT molecular complexity index is 716. The van der Waals surface area contributed by atoms with Crippen LogP contribution in [0.5, 0.6) is 11.5 Å². The molecule has 0 spiro atoms. The summed E-state index contributed by atoms with van der Waals surface area (Å²) in [6.07, 6.45) is 2.63. The minimum atomic E-state index is -0.118. The lowest BCUT2D eigenvalue weighted by Gasteiger charge is -2.35. The molecule has 1 heterocycles. The fourth-order valence-corrected chi connectivity index (χ4v) is 3.70. The average molecular weight is 532 g/mol. The van der Waals surface area contributed by atoms with Crippen LogP contribution in [0.15, 0.2) is 23.2 Å². The van der Waals surface area contributed by atoms with Crippen LogP contribution in [0.3, 0.4) is 0 Å². The second-order valence-corrected chi connectivity index (χ2v) is 8.16. The van der Waals surface area contributed by atoms with E-state index in [2.05, 4.69) is 40.4 Å². The van der Waals surface area contributed by atoms with Crippen molar-refractivity contribution in [3.8, 4) is 11.5 Å². The van der Waals surface area contributed by atoms with Crippen molar-refractivity contribution >= 4 is 35.8 Å². The molecule has 7 nitrogen and oxygen atoms in total. The van der Waals surface area contributed by atoms with Crippen molar-refractivity contribution in [2.45, 2.75) is 38.5 Å². The van der Waals surface area contributed by atoms with Gasteiger partial charge < -0.3 is 25.0 Å². The topological polar surface area (TPSA) is 75.2 Å². The molecule has 8 heteroatoms. The van der Waals surface area contributed by atoms with Gasteiger partial charge in [-0.3, -0.25) is 9.79 Å². The molecule has 0 saturated carbocycles. The molecule has 1 fully saturated rings. The standard InChI is InChI=1S/C22H36N4O3.HI/c1-22(2,17-7-8-18(28-5)19(14-17)29-6)15-25-21(24-4)26-11-9-16(10-12-26)13-20(27)23-3;/h7-8,14,16H,9-13,15H2,1-6H3,(H,23,27)(H,24,25);1H. The highest BCUT2D eigenvalue weighted by Crippen LogP contribution is 2.33. The van der Waals surface area contributed by atoms with Gasteiger partial charge in [-0.2, -0.15) is 0 Å². The maximum Gasteiger partial charge on any atom is 0.220 e. The first-order chi connectivity index (χ1) is 13.8. The van der Waals surface area contributed by atoms with Crippen LogP contribution >= 0.6 is 24.0 Å². The van der Waals surface area contributed by atoms with Crippen LogP contribution in [0, 0.1) is 5.92 Å². The van der Waals surface area contributed by atoms with Crippen LogP contribution in [-0.2, 0) is 10.2 Å². The molecule has 0 aromatic heterocycles. The second-order valence-electron chi connectivity index (χ2n) is 8.16. The molecule has 2 N–H and O–H groups in total. The van der Waals surface area contributed by atoms with E-state index < -0.39 is 0 Å². The first kappa shape index (κ1) is 26.3. The highest BCUT2D eigenvalue weighted by Gasteiger charge is 2.26. The van der Waals surface area contributed by atoms with Gasteiger partial charge in [0, 0.05) is 45.6 Å². The van der Waals surface area contributed by atoms with E-state index >= 15 is 0 Å². The van der Waals surface area contributed by atoms with Gasteiger partial charge in [-0.1, -0.05) is 19.9 Å². The van der Waals surface area contributed by atoms with E-state index in [0.717, 1.165) is 49.9 Å². The lowest BCUT2D eigenvalue weighted by atomic mass is 9.84. The summed E-state index contributed by atoms with van der Waals surface area (Å²) >= 11 is 0. The Hall–Kier alpha value is -1.71. The van der Waals surface area contributed by atoms with Gasteiger partial charge >= 0.3 is 0 Å². The molecule has 170 valence electrons. The van der Waals surface area contributed by atoms with Gasteiger partial charge in [-0.25, -0.2) is 0 Å². The number of hydrogen-bond donors (Lipinski definition) is 2. The van der Waals surface area contributed by atoms with Crippen molar-refractivity contribution in [3.05, 3.63) is 23.8 Å². The number of hydrogen-bond acceptors (Lipinski definition) is 4. The van der Waals surface area contributed by atoms with E-state index in [1.54, 1.807) is 21.3 Å². The number of rotatable bonds is 7. The fourth-order valence-electron chi connectivity index (χ4n) is 3.70. The Morgan fingerprint density at radius 2 is 1.83 bits per heavy atom. The lowest BCUT2D eigenvalue weighted by molar-refractivity contribution is -0.121. The number of benzene rings is 1. The van der Waals surface area contributed by atoms with Crippen LogP contribution in [0.1, 0.15) is 38.7 Å². The van der Waals surface area contributed by atoms with Crippen molar-refractivity contribution in [1.82, 2.24) is 15.5 Å². The molecule has 2 rings (SSSR count). The van der Waals surface area contributed by atoms with Gasteiger partial charge in [0.15, 0.2) is 17.5 Å². The maximum absolute atomic E-state index is 11.6. The van der Waals surface area contributed by atoms with E-state index in [9.17, 15) is 4.79 Å². The van der Waals surface area contributed by atoms with Crippen molar-refractivity contribution < 1.29 is 14.3 Å². The minimum absolute atomic E-state index is 0. The van der Waals surface area contributed by atoms with Crippen LogP contribution in [0.2, 0.25) is 0 Å². The van der Waals surface area contributed by atoms with Gasteiger partial charge in [0.2, 0.25) is 5.91 Å². The summed E-state index contributed by atoms with van der Waals surface area (Å²) in [7, 11) is 6.82. The van der Waals surface area contributed by atoms with Crippen LogP contribution in [0.25, 0.3) is 0 Å². The van der Waals surface area contributed by atoms with Gasteiger partial charge in [-0.15, -0.1) is 24.0 Å². The van der Waals surface area contributed by atoms with Crippen LogP contribution in [0.4, 0.5) is 0 Å². The first-order valence-electron chi connectivity index (χ1n) is 10.2. The molecule has 1 aromatic rings. The summed E-state index contributed by atoms with van der Waals surface area (Å²) in [5.74, 6) is 2.96. The number of carbonyl (C=O) groups is 1. The molecule has 1 saturated heterocycles. The SMILES string of the molecule is CN=C(NCC(C)(C)c1ccc(OC)c(OC)c1)N1CCC(CC(=O)NC)CC1.I. The largest absolute Gasteiger partial charge is 0.493 e. The van der Waals surface area contributed by atoms with E-state index in [-0.39, 0.29) is 35.3 Å². The molecule has 1 aliphatic heterocycles. The third-order valence-corrected chi connectivity index (χ3v) is 5.73. The number of nitrogens with zero attached hydrogens (tertiary/aromatic N) is 2. The summed E-state index contributed by atoms with van der Waals surface area (Å²) in [4.78, 5) is 18.4. The quantitative estimate of drug-likeness (QED) is 0.321. The third-order valence-electron chi connectivity index (χ3n) is 5.73. The number of carbonyl (C=O) groups excluding carboxylic acids is 1. The van der Waals surface area contributed by atoms with Crippen molar-refractivity contribution in [1.29, 1.82) is 0 Å². The predicted octanol–water partition coefficient (Wildman–Crippen LogP) is 3.02. The highest BCUT2D eigenvalue weighted by molar-refractivity contribution is 14.0. The number of likely N-dealkylation sites (tertiary alicyclic amines) is 1. The first-order valence-corrected chi connectivity index (χ1v) is 10.2. The average Bonchev–Trinajstić information content (AvgIpc) is 2.74. The van der Waals surface area contributed by atoms with Gasteiger partial charge in [0.05, 0.1) is 14.2 Å². The van der Waals surface area contributed by atoms with E-state index in [1.165, 1.54) is 5.56 Å². The molecule has 1 aliphatic rings. The van der Waals surface area contributed by atoms with E-state index in [4.69, 9.17) is 9.47 Å². The van der Waals surface area contributed by atoms with Crippen molar-refractivity contribution in [3.63, 3.8) is 0 Å². The molecular weight excluding hydrogens is 495 g/mol. The third kappa shape index (κ3) is 6.92. The number of ether oxygens (including phenoxy) is 2. The Kier molecular flexibility index (Phi) is 10.7. The summed E-state index contributed by atoms with van der Waals surface area (Å²) in [6, 6.07) is 6.06. The normalized spacial score (nSPS) is 15.3. The van der Waals surface area contributed by atoms with Crippen LogP contribution in [-0.4, -0.2) is 64.7 Å². The number of halogens is 1. The smallest absolute Gasteiger partial charge is 0.220 e. The molecular formula is C22H37IN4O3. The Morgan fingerprint density at radius 1 is 1.20 bits per heavy atom. The van der Waals surface area contributed by atoms with E-state index in [1.807, 2.05) is 19.2 Å². The van der Waals surface area contributed by atoms with Gasteiger partial charge in [0.1, 0.15) is 0 Å². The molecule has 1 amide bonds. The number of guanidine groups is 1. The Balaban J connectivity index is 0.00000450. The number of aliphatic imine (C=N–C) groups is 1. The zero-order valence-corrected chi connectivity index (χ0v) is 21.4. The molecule has 30 heavy (non-hydrogen) atoms. The molecule has 1 aromatic carbocycles. The summed E-state index contributed by atoms with van der Waals surface area (Å²) in [6.45, 7) is 6.97. The van der Waals surface area contributed by atoms with Crippen molar-refractivity contribution in [2.75, 3.05) is 47.9 Å². The van der Waals surface area contributed by atoms with Gasteiger partial charge in [0.25, 0.3) is 0 Å². The Labute approximate surface area is 198 Å². The van der Waals surface area contributed by atoms with Crippen LogP contribution < -0.4 is 20.1 Å². The maximum atomic E-state index is 11.6. The summed E-state index contributed by atoms with van der Waals surface area (Å²) in [5.41, 5.74) is 1.05. The van der Waals surface area contributed by atoms with Gasteiger partial charge in [-0.05, 0) is 36.5 Å².